The van der Waals surface area contributed by atoms with E-state index in [1.165, 1.54) is 0 Å². The number of ketones is 1. The molecule has 5 heteroatoms. The number of allylic oxidation sites excluding steroid dienone is 2. The van der Waals surface area contributed by atoms with E-state index in [-0.39, 0.29) is 23.5 Å². The molecule has 180 valence electrons. The van der Waals surface area contributed by atoms with Crippen molar-refractivity contribution in [2.75, 3.05) is 13.2 Å². The third-order valence-corrected chi connectivity index (χ3v) is 6.34. The standard InChI is InChI=1S/C29H35NO4/c1-18(2)16-33-23-9-5-20(6-10-23)22-13-26-29(27(31)14-22)25(15-28(32)30-26)21-7-11-24(12-8-21)34-17-19(3)4/h5-12,18-19,22,25H,13-17H2,1-4H3,(H,30,32). The molecule has 1 amide bonds. The van der Waals surface area contributed by atoms with Crippen LogP contribution in [0.3, 0.4) is 0 Å². The lowest BCUT2D eigenvalue weighted by molar-refractivity contribution is -0.122. The highest BCUT2D eigenvalue weighted by atomic mass is 16.5. The Morgan fingerprint density at radius 3 is 1.82 bits per heavy atom. The number of ether oxygens (including phenoxy) is 2. The van der Waals surface area contributed by atoms with Crippen molar-refractivity contribution in [1.29, 1.82) is 0 Å². The van der Waals surface area contributed by atoms with E-state index in [1.807, 2.05) is 48.5 Å². The Kier molecular flexibility index (Phi) is 7.40. The minimum absolute atomic E-state index is 0.0326. The quantitative estimate of drug-likeness (QED) is 0.543. The highest BCUT2D eigenvalue weighted by Gasteiger charge is 2.38. The fourth-order valence-corrected chi connectivity index (χ4v) is 4.64. The lowest BCUT2D eigenvalue weighted by Gasteiger charge is -2.34. The van der Waals surface area contributed by atoms with Gasteiger partial charge in [0.2, 0.25) is 5.91 Å². The molecule has 0 radical (unpaired) electrons. The Morgan fingerprint density at radius 2 is 1.29 bits per heavy atom. The van der Waals surface area contributed by atoms with Gasteiger partial charge in [-0.1, -0.05) is 52.0 Å². The third kappa shape index (κ3) is 5.69. The van der Waals surface area contributed by atoms with Gasteiger partial charge in [0.05, 0.1) is 13.2 Å². The number of Topliss-reactive ketones (excluding diaryl/α,β-unsaturated/α-hetero) is 1. The zero-order valence-corrected chi connectivity index (χ0v) is 20.6. The van der Waals surface area contributed by atoms with Crippen LogP contribution in [0.1, 0.15) is 69.9 Å². The summed E-state index contributed by atoms with van der Waals surface area (Å²) in [6.07, 6.45) is 1.40. The summed E-state index contributed by atoms with van der Waals surface area (Å²) in [4.78, 5) is 25.9. The van der Waals surface area contributed by atoms with Crippen molar-refractivity contribution in [3.63, 3.8) is 0 Å². The molecule has 2 unspecified atom stereocenters. The maximum Gasteiger partial charge on any atom is 0.225 e. The molecule has 1 heterocycles. The molecule has 0 aromatic heterocycles. The fraction of sp³-hybridized carbons (Fsp3) is 0.448. The molecular weight excluding hydrogens is 426 g/mol. The summed E-state index contributed by atoms with van der Waals surface area (Å²) in [5.74, 6) is 2.50. The Morgan fingerprint density at radius 1 is 0.765 bits per heavy atom. The topological polar surface area (TPSA) is 64.6 Å². The minimum atomic E-state index is -0.205. The molecule has 4 rings (SSSR count). The Hall–Kier alpha value is -3.08. The Bertz CT molecular complexity index is 1050. The van der Waals surface area contributed by atoms with Crippen LogP contribution in [0.15, 0.2) is 59.8 Å². The number of carbonyl (C=O) groups excluding carboxylic acids is 2. The normalized spacial score (nSPS) is 20.4. The average Bonchev–Trinajstić information content (AvgIpc) is 2.81. The summed E-state index contributed by atoms with van der Waals surface area (Å²) in [6, 6.07) is 15.9. The van der Waals surface area contributed by atoms with Gasteiger partial charge in [-0.05, 0) is 59.6 Å². The highest BCUT2D eigenvalue weighted by Crippen LogP contribution is 2.43. The van der Waals surface area contributed by atoms with Gasteiger partial charge in [0.15, 0.2) is 5.78 Å². The number of hydrogen-bond acceptors (Lipinski definition) is 4. The van der Waals surface area contributed by atoms with Gasteiger partial charge in [-0.25, -0.2) is 0 Å². The van der Waals surface area contributed by atoms with E-state index in [9.17, 15) is 9.59 Å². The SMILES string of the molecule is CC(C)COc1ccc(C2CC(=O)C3=C(C2)NC(=O)CC3c2ccc(OCC(C)C)cc2)cc1. The summed E-state index contributed by atoms with van der Waals surface area (Å²) in [6.45, 7) is 9.79. The molecule has 2 aromatic carbocycles. The van der Waals surface area contributed by atoms with E-state index in [4.69, 9.17) is 9.47 Å². The molecule has 1 aliphatic heterocycles. The molecule has 0 spiro atoms. The fourth-order valence-electron chi connectivity index (χ4n) is 4.64. The Balaban J connectivity index is 1.52. The van der Waals surface area contributed by atoms with Crippen molar-refractivity contribution >= 4 is 11.7 Å². The third-order valence-electron chi connectivity index (χ3n) is 6.34. The monoisotopic (exact) mass is 461 g/mol. The maximum absolute atomic E-state index is 13.3. The lowest BCUT2D eigenvalue weighted by atomic mass is 9.73. The first-order chi connectivity index (χ1) is 16.3. The first-order valence-electron chi connectivity index (χ1n) is 12.3. The molecule has 0 bridgehead atoms. The largest absolute Gasteiger partial charge is 0.493 e. The predicted molar refractivity (Wildman–Crippen MR) is 133 cm³/mol. The Labute approximate surface area is 202 Å². The molecular formula is C29H35NO4. The summed E-state index contributed by atoms with van der Waals surface area (Å²) in [5.41, 5.74) is 3.63. The van der Waals surface area contributed by atoms with Crippen LogP contribution in [-0.4, -0.2) is 24.9 Å². The van der Waals surface area contributed by atoms with Gasteiger partial charge in [-0.3, -0.25) is 9.59 Å². The van der Waals surface area contributed by atoms with Crippen molar-refractivity contribution in [2.45, 2.75) is 58.8 Å². The second-order valence-corrected chi connectivity index (χ2v) is 10.3. The summed E-state index contributed by atoms with van der Waals surface area (Å²) < 4.78 is 11.6. The zero-order valence-electron chi connectivity index (χ0n) is 20.6. The van der Waals surface area contributed by atoms with Crippen molar-refractivity contribution in [3.8, 4) is 11.5 Å². The lowest BCUT2D eigenvalue weighted by Crippen LogP contribution is -2.38. The van der Waals surface area contributed by atoms with E-state index in [0.717, 1.165) is 33.9 Å². The summed E-state index contributed by atoms with van der Waals surface area (Å²) in [5, 5.41) is 3.01. The smallest absolute Gasteiger partial charge is 0.225 e. The van der Waals surface area contributed by atoms with E-state index in [0.29, 0.717) is 44.3 Å². The number of benzene rings is 2. The molecule has 0 saturated heterocycles. The van der Waals surface area contributed by atoms with Gasteiger partial charge in [0.25, 0.3) is 0 Å². The molecule has 2 aliphatic rings. The van der Waals surface area contributed by atoms with Crippen LogP contribution < -0.4 is 14.8 Å². The zero-order chi connectivity index (χ0) is 24.2. The maximum atomic E-state index is 13.3. The molecule has 1 N–H and O–H groups in total. The van der Waals surface area contributed by atoms with Gasteiger partial charge >= 0.3 is 0 Å². The van der Waals surface area contributed by atoms with Crippen LogP contribution >= 0.6 is 0 Å². The van der Waals surface area contributed by atoms with Gasteiger partial charge in [-0.2, -0.15) is 0 Å². The van der Waals surface area contributed by atoms with Crippen LogP contribution in [0.5, 0.6) is 11.5 Å². The van der Waals surface area contributed by atoms with Gasteiger partial charge in [-0.15, -0.1) is 0 Å². The number of carbonyl (C=O) groups is 2. The van der Waals surface area contributed by atoms with Crippen molar-refractivity contribution in [3.05, 3.63) is 70.9 Å². The number of rotatable bonds is 8. The van der Waals surface area contributed by atoms with E-state index >= 15 is 0 Å². The van der Waals surface area contributed by atoms with Gasteiger partial charge in [0.1, 0.15) is 11.5 Å². The van der Waals surface area contributed by atoms with E-state index in [1.54, 1.807) is 0 Å². The summed E-state index contributed by atoms with van der Waals surface area (Å²) >= 11 is 0. The van der Waals surface area contributed by atoms with E-state index < -0.39 is 0 Å². The second kappa shape index (κ2) is 10.5. The molecule has 5 nitrogen and oxygen atoms in total. The number of nitrogens with one attached hydrogen (secondary N) is 1. The average molecular weight is 462 g/mol. The number of amides is 1. The van der Waals surface area contributed by atoms with Crippen LogP contribution in [0.4, 0.5) is 0 Å². The van der Waals surface area contributed by atoms with Crippen LogP contribution in [0.2, 0.25) is 0 Å². The molecule has 2 aromatic rings. The number of hydrogen-bond donors (Lipinski definition) is 1. The van der Waals surface area contributed by atoms with Crippen molar-refractivity contribution < 1.29 is 19.1 Å². The van der Waals surface area contributed by atoms with Crippen molar-refractivity contribution in [2.24, 2.45) is 11.8 Å². The second-order valence-electron chi connectivity index (χ2n) is 10.3. The highest BCUT2D eigenvalue weighted by molar-refractivity contribution is 6.02. The first kappa shape index (κ1) is 24.1. The molecule has 1 aliphatic carbocycles. The van der Waals surface area contributed by atoms with Crippen molar-refractivity contribution in [1.82, 2.24) is 5.32 Å². The van der Waals surface area contributed by atoms with Crippen LogP contribution in [0, 0.1) is 11.8 Å². The van der Waals surface area contributed by atoms with Gasteiger partial charge in [0, 0.05) is 30.0 Å². The van der Waals surface area contributed by atoms with Crippen LogP contribution in [-0.2, 0) is 9.59 Å². The molecule has 34 heavy (non-hydrogen) atoms. The van der Waals surface area contributed by atoms with Gasteiger partial charge < -0.3 is 14.8 Å². The van der Waals surface area contributed by atoms with E-state index in [2.05, 4.69) is 33.0 Å². The first-order valence-corrected chi connectivity index (χ1v) is 12.3. The van der Waals surface area contributed by atoms with Crippen LogP contribution in [0.25, 0.3) is 0 Å². The molecule has 2 atom stereocenters. The summed E-state index contributed by atoms with van der Waals surface area (Å²) in [7, 11) is 0. The molecule has 0 fully saturated rings. The molecule has 0 saturated carbocycles. The minimum Gasteiger partial charge on any atom is -0.493 e. The predicted octanol–water partition coefficient (Wildman–Crippen LogP) is 5.76.